The minimum atomic E-state index is -1.15. The lowest BCUT2D eigenvalue weighted by Gasteiger charge is -2.32. The average molecular weight is 1300 g/mol. The molecule has 35 nitrogen and oxygen atoms in total. The number of hydrogen-bond acceptors (Lipinski definition) is 24. The summed E-state index contributed by atoms with van der Waals surface area (Å²) >= 11 is 0. The summed E-state index contributed by atoms with van der Waals surface area (Å²) < 4.78 is 0. The molecule has 92 heavy (non-hydrogen) atoms. The number of carboxylic acid groups (broad SMARTS) is 5. The monoisotopic (exact) mass is 1300 g/mol. The molecule has 2 aliphatic heterocycles. The maximum Gasteiger partial charge on any atom is 0.317 e. The molecule has 2 saturated heterocycles. The summed E-state index contributed by atoms with van der Waals surface area (Å²) in [6.45, 7) is 5.25. The van der Waals surface area contributed by atoms with Crippen LogP contribution in [0.3, 0.4) is 0 Å². The number of nitrogen functional groups attached to an aromatic ring is 1. The normalized spacial score (nSPS) is 16.5. The number of carboxylic acids is 5. The van der Waals surface area contributed by atoms with E-state index in [0.717, 1.165) is 0 Å². The largest absolute Gasteiger partial charge is 0.480 e. The molecule has 0 spiro atoms. The molecule has 0 saturated carbocycles. The van der Waals surface area contributed by atoms with Crippen molar-refractivity contribution in [2.45, 2.75) is 51.1 Å². The maximum absolute atomic E-state index is 13.8. The second kappa shape index (κ2) is 40.3. The molecule has 2 aromatic heterocycles. The van der Waals surface area contributed by atoms with Crippen molar-refractivity contribution < 1.29 is 73.5 Å². The van der Waals surface area contributed by atoms with Crippen molar-refractivity contribution in [1.29, 1.82) is 0 Å². The fraction of sp³-hybridized carbons (Fsp3) is 0.614. The lowest BCUT2D eigenvalue weighted by Crippen LogP contribution is -2.49. The van der Waals surface area contributed by atoms with E-state index in [1.54, 1.807) is 41.5 Å². The van der Waals surface area contributed by atoms with Gasteiger partial charge >= 0.3 is 29.8 Å². The predicted octanol–water partition coefficient (Wildman–Crippen LogP) is -5.04. The van der Waals surface area contributed by atoms with Gasteiger partial charge in [0.05, 0.1) is 64.2 Å². The third kappa shape index (κ3) is 30.0. The van der Waals surface area contributed by atoms with Crippen LogP contribution in [0, 0.1) is 0 Å². The van der Waals surface area contributed by atoms with Gasteiger partial charge in [-0.2, -0.15) is 4.98 Å². The Morgan fingerprint density at radius 2 is 0.902 bits per heavy atom. The number of aromatic nitrogens is 4. The summed E-state index contributed by atoms with van der Waals surface area (Å²) in [5, 5.41) is 67.9. The molecule has 1 atom stereocenters. The Morgan fingerprint density at radius 3 is 1.34 bits per heavy atom. The van der Waals surface area contributed by atoms with E-state index in [2.05, 4.69) is 57.2 Å². The van der Waals surface area contributed by atoms with Crippen LogP contribution in [0.5, 0.6) is 0 Å². The van der Waals surface area contributed by atoms with Gasteiger partial charge in [-0.3, -0.25) is 92.0 Å². The highest BCUT2D eigenvalue weighted by Gasteiger charge is 2.25. The van der Waals surface area contributed by atoms with Gasteiger partial charge in [-0.25, -0.2) is 9.97 Å². The van der Waals surface area contributed by atoms with Crippen molar-refractivity contribution in [3.63, 3.8) is 0 Å². The molecular formula is C57H89N19O16. The molecule has 1 unspecified atom stereocenters. The second-order valence-corrected chi connectivity index (χ2v) is 22.4. The number of nitrogens with zero attached hydrogens (tertiary/aromatic N) is 10. The first-order chi connectivity index (χ1) is 44.1. The highest BCUT2D eigenvalue weighted by molar-refractivity contribution is 5.98. The zero-order valence-electron chi connectivity index (χ0n) is 51.8. The molecule has 5 rings (SSSR count). The zero-order valence-corrected chi connectivity index (χ0v) is 51.8. The van der Waals surface area contributed by atoms with Gasteiger partial charge in [-0.15, -0.1) is 0 Å². The number of carbonyl (C=O) groups excluding carboxylic acids is 5. The molecule has 4 heterocycles. The maximum atomic E-state index is 13.8. The highest BCUT2D eigenvalue weighted by Crippen LogP contribution is 2.13. The number of anilines is 2. The quantitative estimate of drug-likeness (QED) is 0.0254. The number of hydrogen-bond donors (Lipinski definition) is 14. The smallest absolute Gasteiger partial charge is 0.317 e. The van der Waals surface area contributed by atoms with E-state index in [1.165, 1.54) is 18.3 Å². The summed E-state index contributed by atoms with van der Waals surface area (Å²) in [7, 11) is 0. The molecule has 0 radical (unpaired) electrons. The van der Waals surface area contributed by atoms with Gasteiger partial charge in [0, 0.05) is 149 Å². The molecule has 3 aromatic rings. The van der Waals surface area contributed by atoms with E-state index in [1.807, 2.05) is 4.90 Å². The number of nitrogens with two attached hydrogens (primary N) is 1. The molecule has 1 aromatic carbocycles. The molecule has 5 amide bonds. The SMILES string of the molecule is Nc1nc2ncc(CNc3ccc(C(=O)NC(CCC(=O)NCCCCNC(=O)CN4CCNCCN(CC(=O)O)CCN(CC(=O)O)CC4)C(=O)NCCCCNC(=O)CN4CCN(CC(=O)O)CCN(CC(=O)O)CCN(CC(=O)O)CC4)cc3)nc2c(=O)[nH]1. The van der Waals surface area contributed by atoms with E-state index in [9.17, 15) is 78.3 Å². The van der Waals surface area contributed by atoms with E-state index in [4.69, 9.17) is 5.73 Å². The minimum Gasteiger partial charge on any atom is -0.480 e. The first-order valence-corrected chi connectivity index (χ1v) is 30.7. The summed E-state index contributed by atoms with van der Waals surface area (Å²) in [4.78, 5) is 164. The van der Waals surface area contributed by atoms with Crippen LogP contribution >= 0.6 is 0 Å². The summed E-state index contributed by atoms with van der Waals surface area (Å²) in [5.74, 6) is -7.37. The number of nitrogens with one attached hydrogen (secondary N) is 8. The first-order valence-electron chi connectivity index (χ1n) is 30.7. The van der Waals surface area contributed by atoms with Gasteiger partial charge in [0.15, 0.2) is 11.2 Å². The predicted molar refractivity (Wildman–Crippen MR) is 333 cm³/mol. The number of unbranched alkanes of at least 4 members (excludes halogenated alkanes) is 2. The van der Waals surface area contributed by atoms with Crippen molar-refractivity contribution in [3.05, 3.63) is 52.1 Å². The molecule has 15 N–H and O–H groups in total. The number of H-pyrrole nitrogens is 1. The highest BCUT2D eigenvalue weighted by atomic mass is 16.4. The van der Waals surface area contributed by atoms with Crippen molar-refractivity contribution in [3.8, 4) is 0 Å². The van der Waals surface area contributed by atoms with Gasteiger partial charge < -0.3 is 68.5 Å². The molecule has 508 valence electrons. The third-order valence-electron chi connectivity index (χ3n) is 15.0. The second-order valence-electron chi connectivity index (χ2n) is 22.4. The van der Waals surface area contributed by atoms with Crippen LogP contribution in [0.15, 0.2) is 35.3 Å². The van der Waals surface area contributed by atoms with Crippen molar-refractivity contribution in [1.82, 2.24) is 86.1 Å². The zero-order chi connectivity index (χ0) is 66.8. The standard InChI is InChI=1S/C57H89N19O16/c58-57-68-53-52(56(92)69-57)66-42(32-65-53)31-64-41-7-5-40(6-8-41)54(90)67-43(9-10-44(77)60-11-1-2-12-61-45(78)33-70-17-15-59-16-18-71(35-47(80)81)20-24-73(23-19-70)36-48(82)83)55(91)63-14-4-3-13-62-46(79)34-72-21-25-74(37-49(84)85)27-29-76(39-51(88)89)30-28-75(26-22-72)38-50(86)87/h5-8,32,43,59,64H,1-4,9-31,33-39H2,(H,60,77)(H,61,78)(H,62,79)(H,63,91)(H,67,90)(H,80,81)(H,82,83)(H,84,85)(H,86,87)(H,88,89)(H3,58,65,68,69,92). The molecule has 2 aliphatic rings. The Bertz CT molecular complexity index is 2950. The van der Waals surface area contributed by atoms with E-state index in [-0.39, 0.29) is 178 Å². The number of rotatable bonds is 33. The van der Waals surface area contributed by atoms with Crippen LogP contribution in [0.1, 0.15) is 54.6 Å². The topological polar surface area (TPSA) is 476 Å². The van der Waals surface area contributed by atoms with E-state index in [0.29, 0.717) is 96.0 Å². The van der Waals surface area contributed by atoms with Crippen LogP contribution in [-0.4, -0.2) is 322 Å². The summed E-state index contributed by atoms with van der Waals surface area (Å²) in [5.41, 5.74) is 6.40. The van der Waals surface area contributed by atoms with E-state index < -0.39 is 53.3 Å². The Hall–Kier alpha value is -8.58. The van der Waals surface area contributed by atoms with Crippen molar-refractivity contribution >= 4 is 82.2 Å². The van der Waals surface area contributed by atoms with Crippen LogP contribution < -0.4 is 48.5 Å². The molecular weight excluding hydrogens is 1210 g/mol. The van der Waals surface area contributed by atoms with Gasteiger partial charge in [0.2, 0.25) is 29.6 Å². The van der Waals surface area contributed by atoms with Gasteiger partial charge in [0.25, 0.3) is 11.5 Å². The number of aliphatic carboxylic acids is 5. The Morgan fingerprint density at radius 1 is 0.511 bits per heavy atom. The Balaban J connectivity index is 1.10. The summed E-state index contributed by atoms with van der Waals surface area (Å²) in [6.07, 6.45) is 3.12. The summed E-state index contributed by atoms with van der Waals surface area (Å²) in [6, 6.07) is 5.20. The van der Waals surface area contributed by atoms with Gasteiger partial charge in [0.1, 0.15) is 6.04 Å². The number of benzene rings is 1. The van der Waals surface area contributed by atoms with Crippen LogP contribution in [-0.2, 0) is 49.7 Å². The van der Waals surface area contributed by atoms with Crippen molar-refractivity contribution in [2.75, 3.05) is 188 Å². The number of fused-ring (bicyclic) bond motifs is 1. The van der Waals surface area contributed by atoms with Crippen molar-refractivity contribution in [2.24, 2.45) is 0 Å². The Kier molecular flexibility index (Phi) is 32.5. The fourth-order valence-electron chi connectivity index (χ4n) is 10.0. The number of aromatic amines is 1. The van der Waals surface area contributed by atoms with Gasteiger partial charge in [-0.1, -0.05) is 0 Å². The average Bonchev–Trinajstić information content (AvgIpc) is 2.96. The fourth-order valence-corrected chi connectivity index (χ4v) is 10.0. The lowest BCUT2D eigenvalue weighted by atomic mass is 10.1. The lowest BCUT2D eigenvalue weighted by molar-refractivity contribution is -0.140. The van der Waals surface area contributed by atoms with Crippen LogP contribution in [0.4, 0.5) is 11.6 Å². The molecule has 0 aliphatic carbocycles. The number of amides is 5. The van der Waals surface area contributed by atoms with Crippen LogP contribution in [0.25, 0.3) is 11.2 Å². The number of carbonyl (C=O) groups is 10. The molecule has 0 bridgehead atoms. The Labute approximate surface area is 531 Å². The van der Waals surface area contributed by atoms with Crippen LogP contribution in [0.2, 0.25) is 0 Å². The first kappa shape index (κ1) is 74.2. The van der Waals surface area contributed by atoms with E-state index >= 15 is 0 Å². The minimum absolute atomic E-state index is 0.0132. The van der Waals surface area contributed by atoms with Gasteiger partial charge in [-0.05, 0) is 56.4 Å². The molecule has 2 fully saturated rings. The third-order valence-corrected chi connectivity index (χ3v) is 15.0. The molecule has 35 heteroatoms.